The minimum Gasteiger partial charge on any atom is -0.352 e. The number of rotatable bonds is 7. The first kappa shape index (κ1) is 16.5. The Hall–Kier alpha value is 0.0300. The Morgan fingerprint density at radius 3 is 2.21 bits per heavy atom. The van der Waals surface area contributed by atoms with E-state index in [0.29, 0.717) is 0 Å². The Labute approximate surface area is 85.2 Å². The summed E-state index contributed by atoms with van der Waals surface area (Å²) in [6.45, 7) is 4.62. The van der Waals surface area contributed by atoms with Crippen molar-refractivity contribution in [2.45, 2.75) is 26.7 Å². The third-order valence-electron chi connectivity index (χ3n) is 1.11. The molecule has 0 radical (unpaired) electrons. The topological polar surface area (TPSA) is 91.0 Å². The van der Waals surface area contributed by atoms with Crippen LogP contribution in [0.2, 0.25) is 0 Å². The lowest BCUT2D eigenvalue weighted by Gasteiger charge is -2.00. The van der Waals surface area contributed by atoms with Crippen molar-refractivity contribution >= 4 is 8.25 Å². The highest BCUT2D eigenvalue weighted by atomic mass is 31.1. The van der Waals surface area contributed by atoms with E-state index in [0.717, 1.165) is 0 Å². The van der Waals surface area contributed by atoms with E-state index in [2.05, 4.69) is 33.8 Å². The van der Waals surface area contributed by atoms with Crippen molar-refractivity contribution in [2.24, 2.45) is 5.90 Å². The van der Waals surface area contributed by atoms with Gasteiger partial charge >= 0.3 is 8.25 Å². The van der Waals surface area contributed by atoms with Crippen molar-refractivity contribution < 1.29 is 23.6 Å². The molecule has 0 rings (SSSR count). The van der Waals surface area contributed by atoms with E-state index in [-0.39, 0.29) is 20.0 Å². The summed E-state index contributed by atoms with van der Waals surface area (Å²) in [5, 5.41) is 0. The van der Waals surface area contributed by atoms with Gasteiger partial charge in [0, 0.05) is 0 Å². The molecule has 6 nitrogen and oxygen atoms in total. The number of unbranched alkanes of at least 4 members (excludes halogenated alkanes) is 1. The van der Waals surface area contributed by atoms with Gasteiger partial charge in [-0.25, -0.2) is 5.90 Å². The molecule has 0 aromatic heterocycles. The van der Waals surface area contributed by atoms with Crippen LogP contribution >= 0.6 is 8.25 Å². The van der Waals surface area contributed by atoms with Crippen LogP contribution in [0.4, 0.5) is 0 Å². The van der Waals surface area contributed by atoms with E-state index in [9.17, 15) is 4.57 Å². The first-order valence-electron chi connectivity index (χ1n) is 4.44. The highest BCUT2D eigenvalue weighted by molar-refractivity contribution is 7.32. The van der Waals surface area contributed by atoms with Crippen molar-refractivity contribution in [3.05, 3.63) is 0 Å². The molecular weight excluding hydrogens is 209 g/mol. The van der Waals surface area contributed by atoms with Crippen LogP contribution < -0.4 is 5.90 Å². The van der Waals surface area contributed by atoms with Crippen LogP contribution in [-0.2, 0) is 18.7 Å². The standard InChI is InChI=1S/C4H10.C3H10NO5P/c1-3-4-2;4-8-2-1-7-3-9-10(5)6/h3-4H2,1-2H3;10H,1-4H2,(H,5,6). The maximum atomic E-state index is 9.86. The molecule has 0 bridgehead atoms. The van der Waals surface area contributed by atoms with Crippen LogP contribution in [-0.4, -0.2) is 24.9 Å². The van der Waals surface area contributed by atoms with Crippen LogP contribution in [0.3, 0.4) is 0 Å². The molecule has 0 saturated carbocycles. The van der Waals surface area contributed by atoms with E-state index in [4.69, 9.17) is 4.89 Å². The summed E-state index contributed by atoms with van der Waals surface area (Å²) in [5.74, 6) is 4.64. The highest BCUT2D eigenvalue weighted by Crippen LogP contribution is 2.12. The molecule has 1 atom stereocenters. The Kier molecular flexibility index (Phi) is 18.2. The maximum Gasteiger partial charge on any atom is 0.318 e. The van der Waals surface area contributed by atoms with Gasteiger partial charge in [-0.05, 0) is 0 Å². The normalized spacial score (nSPS) is 11.7. The average Bonchev–Trinajstić information content (AvgIpc) is 2.18. The molecule has 0 aromatic rings. The average molecular weight is 229 g/mol. The second kappa shape index (κ2) is 15.5. The van der Waals surface area contributed by atoms with Gasteiger partial charge in [-0.1, -0.05) is 26.7 Å². The zero-order valence-electron chi connectivity index (χ0n) is 8.69. The summed E-state index contributed by atoms with van der Waals surface area (Å²) in [4.78, 5) is 12.2. The fourth-order valence-electron chi connectivity index (χ4n) is 0.258. The number of nitrogens with two attached hydrogens (primary N) is 1. The molecule has 0 aliphatic carbocycles. The van der Waals surface area contributed by atoms with Gasteiger partial charge in [0.15, 0.2) is 6.79 Å². The van der Waals surface area contributed by atoms with E-state index in [1.807, 2.05) is 0 Å². The molecular formula is C7H20NO5P. The van der Waals surface area contributed by atoms with Gasteiger partial charge in [0.05, 0.1) is 13.2 Å². The van der Waals surface area contributed by atoms with Crippen LogP contribution in [0.1, 0.15) is 26.7 Å². The monoisotopic (exact) mass is 229 g/mol. The van der Waals surface area contributed by atoms with E-state index < -0.39 is 8.25 Å². The van der Waals surface area contributed by atoms with Gasteiger partial charge in [0.25, 0.3) is 0 Å². The van der Waals surface area contributed by atoms with Crippen molar-refractivity contribution in [2.75, 3.05) is 20.0 Å². The minimum absolute atomic E-state index is 0.211. The summed E-state index contributed by atoms with van der Waals surface area (Å²) in [7, 11) is -2.87. The molecule has 0 spiro atoms. The van der Waals surface area contributed by atoms with Crippen LogP contribution in [0.15, 0.2) is 0 Å². The molecule has 3 N–H and O–H groups in total. The Morgan fingerprint density at radius 1 is 1.29 bits per heavy atom. The Balaban J connectivity index is 0. The van der Waals surface area contributed by atoms with Crippen LogP contribution in [0.25, 0.3) is 0 Å². The van der Waals surface area contributed by atoms with Crippen LogP contribution in [0.5, 0.6) is 0 Å². The van der Waals surface area contributed by atoms with E-state index in [1.54, 1.807) is 0 Å². The van der Waals surface area contributed by atoms with Gasteiger partial charge in [-0.15, -0.1) is 0 Å². The second-order valence-corrected chi connectivity index (χ2v) is 3.13. The molecule has 0 saturated heterocycles. The fraction of sp³-hybridized carbons (Fsp3) is 1.00. The highest BCUT2D eigenvalue weighted by Gasteiger charge is 1.90. The molecule has 0 aliphatic heterocycles. The predicted molar refractivity (Wildman–Crippen MR) is 53.8 cm³/mol. The lowest BCUT2D eigenvalue weighted by Crippen LogP contribution is -2.08. The van der Waals surface area contributed by atoms with Gasteiger partial charge in [-0.3, -0.25) is 9.09 Å². The largest absolute Gasteiger partial charge is 0.352 e. The van der Waals surface area contributed by atoms with Crippen molar-refractivity contribution in [1.29, 1.82) is 0 Å². The summed E-state index contributed by atoms with van der Waals surface area (Å²) >= 11 is 0. The third-order valence-corrected chi connectivity index (χ3v) is 1.48. The van der Waals surface area contributed by atoms with Gasteiger partial charge in [0.2, 0.25) is 0 Å². The Morgan fingerprint density at radius 2 is 1.86 bits per heavy atom. The molecule has 88 valence electrons. The lowest BCUT2D eigenvalue weighted by molar-refractivity contribution is -0.0179. The smallest absolute Gasteiger partial charge is 0.318 e. The van der Waals surface area contributed by atoms with E-state index >= 15 is 0 Å². The zero-order valence-corrected chi connectivity index (χ0v) is 9.69. The third kappa shape index (κ3) is 22.7. The van der Waals surface area contributed by atoms with Gasteiger partial charge in [0.1, 0.15) is 0 Å². The maximum absolute atomic E-state index is 9.86. The molecule has 0 aromatic carbocycles. The molecule has 1 unspecified atom stereocenters. The van der Waals surface area contributed by atoms with E-state index in [1.165, 1.54) is 12.8 Å². The van der Waals surface area contributed by atoms with Crippen molar-refractivity contribution in [3.63, 3.8) is 0 Å². The summed E-state index contributed by atoms with van der Waals surface area (Å²) in [5.41, 5.74) is 0. The molecule has 7 heteroatoms. The number of hydrogen-bond acceptors (Lipinski definition) is 5. The Bertz CT molecular complexity index is 123. The summed E-state index contributed by atoms with van der Waals surface area (Å²) in [6.07, 6.45) is 2.64. The second-order valence-electron chi connectivity index (χ2n) is 2.31. The van der Waals surface area contributed by atoms with Gasteiger partial charge in [-0.2, -0.15) is 0 Å². The number of ether oxygens (including phenoxy) is 1. The van der Waals surface area contributed by atoms with Crippen molar-refractivity contribution in [1.82, 2.24) is 0 Å². The summed E-state index contributed by atoms with van der Waals surface area (Å²) < 4.78 is 18.7. The quantitative estimate of drug-likeness (QED) is 0.293. The molecule has 0 fully saturated rings. The van der Waals surface area contributed by atoms with Crippen molar-refractivity contribution in [3.8, 4) is 0 Å². The summed E-state index contributed by atoms with van der Waals surface area (Å²) in [6, 6.07) is 0. The first-order valence-corrected chi connectivity index (χ1v) is 5.70. The first-order chi connectivity index (χ1) is 6.68. The molecule has 0 heterocycles. The van der Waals surface area contributed by atoms with Crippen LogP contribution in [0, 0.1) is 0 Å². The molecule has 0 aliphatic rings. The molecule has 0 amide bonds. The number of hydrogen-bond donors (Lipinski definition) is 2. The molecule has 14 heavy (non-hydrogen) atoms. The lowest BCUT2D eigenvalue weighted by atomic mass is 10.4. The fourth-order valence-corrected chi connectivity index (χ4v) is 0.442. The van der Waals surface area contributed by atoms with Gasteiger partial charge < -0.3 is 14.5 Å². The minimum atomic E-state index is -2.87. The SMILES string of the molecule is CCCC.NOCCOCO[PH](=O)O. The zero-order chi connectivity index (χ0) is 11.2. The predicted octanol–water partition coefficient (Wildman–Crippen LogP) is 1.06.